The lowest BCUT2D eigenvalue weighted by molar-refractivity contribution is 0.0988. The Morgan fingerprint density at radius 1 is 1.37 bits per heavy atom. The Kier molecular flexibility index (Phi) is 4.98. The molecule has 1 atom stereocenters. The standard InChI is InChI=1S/C20H17ClN4O2/c1-12-9-20(2,25-19(23)27-12)15-7-13(3-5-16(15)21)8-18(26)17-6-4-14(10-22)11-24-17/h3-7,9,11H,8H2,1-2H3,(H2,23,25)/t20-/m0/s1. The fourth-order valence-corrected chi connectivity index (χ4v) is 3.29. The van der Waals surface area contributed by atoms with E-state index in [0.29, 0.717) is 22.0 Å². The zero-order chi connectivity index (χ0) is 19.6. The second-order valence-corrected chi connectivity index (χ2v) is 6.82. The summed E-state index contributed by atoms with van der Waals surface area (Å²) in [7, 11) is 0. The van der Waals surface area contributed by atoms with E-state index in [4.69, 9.17) is 27.3 Å². The van der Waals surface area contributed by atoms with E-state index < -0.39 is 5.54 Å². The lowest BCUT2D eigenvalue weighted by Crippen LogP contribution is -2.29. The van der Waals surface area contributed by atoms with Gasteiger partial charge in [0, 0.05) is 23.2 Å². The average molecular weight is 381 g/mol. The molecule has 0 bridgehead atoms. The van der Waals surface area contributed by atoms with E-state index in [9.17, 15) is 4.79 Å². The predicted molar refractivity (Wildman–Crippen MR) is 102 cm³/mol. The van der Waals surface area contributed by atoms with Gasteiger partial charge in [0.1, 0.15) is 23.1 Å². The number of aromatic nitrogens is 1. The van der Waals surface area contributed by atoms with Crippen LogP contribution in [0.3, 0.4) is 0 Å². The highest BCUT2D eigenvalue weighted by Crippen LogP contribution is 2.36. The molecule has 0 aliphatic carbocycles. The van der Waals surface area contributed by atoms with Gasteiger partial charge >= 0.3 is 0 Å². The molecule has 136 valence electrons. The molecule has 6 nitrogen and oxygen atoms in total. The van der Waals surface area contributed by atoms with Crippen LogP contribution in [-0.4, -0.2) is 16.8 Å². The molecule has 7 heteroatoms. The highest BCUT2D eigenvalue weighted by molar-refractivity contribution is 6.31. The van der Waals surface area contributed by atoms with Gasteiger partial charge in [-0.15, -0.1) is 0 Å². The molecule has 0 saturated carbocycles. The molecule has 1 aliphatic heterocycles. The van der Waals surface area contributed by atoms with E-state index in [2.05, 4.69) is 9.98 Å². The number of ketones is 1. The Morgan fingerprint density at radius 3 is 2.78 bits per heavy atom. The molecule has 0 fully saturated rings. The molecular formula is C20H17ClN4O2. The average Bonchev–Trinajstić information content (AvgIpc) is 2.62. The summed E-state index contributed by atoms with van der Waals surface area (Å²) in [5, 5.41) is 9.34. The largest absolute Gasteiger partial charge is 0.431 e. The third-order valence-corrected chi connectivity index (χ3v) is 4.54. The first-order chi connectivity index (χ1) is 12.8. The summed E-state index contributed by atoms with van der Waals surface area (Å²) in [5.41, 5.74) is 7.20. The van der Waals surface area contributed by atoms with Gasteiger partial charge in [0.2, 0.25) is 0 Å². The Bertz CT molecular complexity index is 986. The van der Waals surface area contributed by atoms with Crippen molar-refractivity contribution in [3.05, 3.63) is 75.8 Å². The van der Waals surface area contributed by atoms with E-state index >= 15 is 0 Å². The number of pyridine rings is 1. The molecule has 2 N–H and O–H groups in total. The van der Waals surface area contributed by atoms with Crippen molar-refractivity contribution in [2.75, 3.05) is 0 Å². The van der Waals surface area contributed by atoms with Crippen LogP contribution in [0.4, 0.5) is 0 Å². The summed E-state index contributed by atoms with van der Waals surface area (Å²) >= 11 is 6.39. The number of halogens is 1. The molecule has 1 aromatic carbocycles. The molecule has 1 aliphatic rings. The normalized spacial score (nSPS) is 18.7. The molecule has 1 aromatic heterocycles. The third-order valence-electron chi connectivity index (χ3n) is 4.21. The van der Waals surface area contributed by atoms with Crippen molar-refractivity contribution in [3.8, 4) is 6.07 Å². The van der Waals surface area contributed by atoms with E-state index in [1.807, 2.05) is 25.1 Å². The number of carbonyl (C=O) groups is 1. The fraction of sp³-hybridized carbons (Fsp3) is 0.200. The first kappa shape index (κ1) is 18.6. The van der Waals surface area contributed by atoms with E-state index in [-0.39, 0.29) is 18.2 Å². The SMILES string of the molecule is CC1=C[C@@](C)(c2cc(CC(=O)c3ccc(C#N)cn3)ccc2Cl)N=C(N)O1. The minimum Gasteiger partial charge on any atom is -0.431 e. The van der Waals surface area contributed by atoms with Crippen LogP contribution in [0.1, 0.15) is 41.0 Å². The number of nitrogens with zero attached hydrogens (tertiary/aromatic N) is 3. The van der Waals surface area contributed by atoms with Crippen LogP contribution >= 0.6 is 11.6 Å². The Labute approximate surface area is 162 Å². The van der Waals surface area contributed by atoms with Gasteiger partial charge in [0.15, 0.2) is 5.78 Å². The highest BCUT2D eigenvalue weighted by Gasteiger charge is 2.30. The van der Waals surface area contributed by atoms with Gasteiger partial charge in [-0.1, -0.05) is 23.7 Å². The number of nitriles is 1. The number of Topliss-reactive ketones (excluding diaryl/α,β-unsaturated/α-hetero) is 1. The lowest BCUT2D eigenvalue weighted by atomic mass is 9.89. The van der Waals surface area contributed by atoms with Gasteiger partial charge in [-0.25, -0.2) is 4.99 Å². The zero-order valence-electron chi connectivity index (χ0n) is 14.9. The molecule has 0 radical (unpaired) electrons. The number of rotatable bonds is 4. The van der Waals surface area contributed by atoms with Gasteiger partial charge in [0.05, 0.1) is 5.56 Å². The summed E-state index contributed by atoms with van der Waals surface area (Å²) in [6.07, 6.45) is 3.37. The third kappa shape index (κ3) is 3.99. The zero-order valence-corrected chi connectivity index (χ0v) is 15.6. The smallest absolute Gasteiger partial charge is 0.288 e. The van der Waals surface area contributed by atoms with Crippen LogP contribution in [0.2, 0.25) is 5.02 Å². The van der Waals surface area contributed by atoms with Gasteiger partial charge < -0.3 is 10.5 Å². The summed E-state index contributed by atoms with van der Waals surface area (Å²) in [5.74, 6) is 0.476. The molecule has 27 heavy (non-hydrogen) atoms. The van der Waals surface area contributed by atoms with Crippen molar-refractivity contribution < 1.29 is 9.53 Å². The van der Waals surface area contributed by atoms with Crippen molar-refractivity contribution in [1.29, 1.82) is 5.26 Å². The summed E-state index contributed by atoms with van der Waals surface area (Å²) in [6.45, 7) is 3.67. The predicted octanol–water partition coefficient (Wildman–Crippen LogP) is 3.50. The van der Waals surface area contributed by atoms with E-state index in [1.165, 1.54) is 6.20 Å². The van der Waals surface area contributed by atoms with Gasteiger partial charge in [-0.05, 0) is 43.7 Å². The van der Waals surface area contributed by atoms with Gasteiger partial charge in [-0.2, -0.15) is 5.26 Å². The van der Waals surface area contributed by atoms with Crippen molar-refractivity contribution in [2.45, 2.75) is 25.8 Å². The first-order valence-electron chi connectivity index (χ1n) is 8.21. The minimum absolute atomic E-state index is 0.0665. The molecule has 0 spiro atoms. The number of ether oxygens (including phenoxy) is 1. The minimum atomic E-state index is -0.782. The number of hydrogen-bond donors (Lipinski definition) is 1. The van der Waals surface area contributed by atoms with E-state index in [1.54, 1.807) is 31.2 Å². The van der Waals surface area contributed by atoms with E-state index in [0.717, 1.165) is 11.1 Å². The second kappa shape index (κ2) is 7.22. The number of allylic oxidation sites excluding steroid dienone is 1. The maximum absolute atomic E-state index is 12.5. The Balaban J connectivity index is 1.90. The Hall–Kier alpha value is -3.17. The van der Waals surface area contributed by atoms with Crippen LogP contribution in [0.25, 0.3) is 0 Å². The van der Waals surface area contributed by atoms with Crippen molar-refractivity contribution in [2.24, 2.45) is 10.7 Å². The van der Waals surface area contributed by atoms with Crippen LogP contribution < -0.4 is 5.73 Å². The topological polar surface area (TPSA) is 101 Å². The van der Waals surface area contributed by atoms with Crippen molar-refractivity contribution in [3.63, 3.8) is 0 Å². The first-order valence-corrected chi connectivity index (χ1v) is 8.59. The highest BCUT2D eigenvalue weighted by atomic mass is 35.5. The number of carbonyl (C=O) groups excluding carboxylic acids is 1. The number of hydrogen-bond acceptors (Lipinski definition) is 6. The molecule has 3 rings (SSSR count). The van der Waals surface area contributed by atoms with Crippen molar-refractivity contribution >= 4 is 23.4 Å². The maximum Gasteiger partial charge on any atom is 0.288 e. The van der Waals surface area contributed by atoms with Crippen LogP contribution in [0.15, 0.2) is 53.4 Å². The molecule has 2 heterocycles. The van der Waals surface area contributed by atoms with Crippen molar-refractivity contribution in [1.82, 2.24) is 4.98 Å². The van der Waals surface area contributed by atoms with Gasteiger partial charge in [0.25, 0.3) is 6.02 Å². The number of amidine groups is 1. The number of nitrogens with two attached hydrogens (primary N) is 1. The summed E-state index contributed by atoms with van der Waals surface area (Å²) < 4.78 is 5.27. The molecule has 0 unspecified atom stereocenters. The number of benzene rings is 1. The van der Waals surface area contributed by atoms with Crippen LogP contribution in [0, 0.1) is 11.3 Å². The second-order valence-electron chi connectivity index (χ2n) is 6.41. The Morgan fingerprint density at radius 2 is 2.15 bits per heavy atom. The fourth-order valence-electron chi connectivity index (χ4n) is 2.98. The van der Waals surface area contributed by atoms with Gasteiger partial charge in [-0.3, -0.25) is 9.78 Å². The number of aliphatic imine (C=N–C) groups is 1. The van der Waals surface area contributed by atoms with Crippen LogP contribution in [-0.2, 0) is 16.7 Å². The van der Waals surface area contributed by atoms with Crippen LogP contribution in [0.5, 0.6) is 0 Å². The molecule has 0 amide bonds. The summed E-state index contributed by atoms with van der Waals surface area (Å²) in [6, 6.07) is 10.5. The monoisotopic (exact) mass is 380 g/mol. The summed E-state index contributed by atoms with van der Waals surface area (Å²) in [4.78, 5) is 20.9. The quantitative estimate of drug-likeness (QED) is 0.818. The lowest BCUT2D eigenvalue weighted by Gasteiger charge is -2.28. The molecule has 2 aromatic rings. The molecule has 0 saturated heterocycles. The molecular weight excluding hydrogens is 364 g/mol. The maximum atomic E-state index is 12.5.